The van der Waals surface area contributed by atoms with Crippen molar-refractivity contribution in [3.63, 3.8) is 0 Å². The van der Waals surface area contributed by atoms with Crippen molar-refractivity contribution in [1.29, 1.82) is 0 Å². The lowest BCUT2D eigenvalue weighted by Gasteiger charge is -2.13. The van der Waals surface area contributed by atoms with Gasteiger partial charge >= 0.3 is 0 Å². The van der Waals surface area contributed by atoms with E-state index in [0.717, 1.165) is 0 Å². The zero-order valence-electron chi connectivity index (χ0n) is 11.6. The number of nitro groups is 1. The minimum atomic E-state index is -0.459. The van der Waals surface area contributed by atoms with Crippen LogP contribution in [0.5, 0.6) is 11.5 Å². The molecule has 0 aromatic heterocycles. The summed E-state index contributed by atoms with van der Waals surface area (Å²) in [4.78, 5) is 21.1. The summed E-state index contributed by atoms with van der Waals surface area (Å²) in [6.45, 7) is 0.136. The molecule has 0 N–H and O–H groups in total. The summed E-state index contributed by atoms with van der Waals surface area (Å²) in [6, 6.07) is 9.35. The van der Waals surface area contributed by atoms with Crippen molar-refractivity contribution in [3.8, 4) is 11.5 Å². The quantitative estimate of drug-likeness (QED) is 0.442. The van der Waals surface area contributed by atoms with Crippen LogP contribution in [0.15, 0.2) is 40.9 Å². The third-order valence-corrected chi connectivity index (χ3v) is 3.48. The molecule has 0 aliphatic heterocycles. The van der Waals surface area contributed by atoms with Crippen LogP contribution in [-0.2, 0) is 6.61 Å². The van der Waals surface area contributed by atoms with Crippen molar-refractivity contribution in [3.05, 3.63) is 62.1 Å². The van der Waals surface area contributed by atoms with E-state index in [2.05, 4.69) is 15.9 Å². The molecule has 2 aromatic carbocycles. The van der Waals surface area contributed by atoms with Crippen molar-refractivity contribution in [2.45, 2.75) is 6.61 Å². The lowest BCUT2D eigenvalue weighted by molar-refractivity contribution is -0.384. The fourth-order valence-electron chi connectivity index (χ4n) is 1.86. The maximum absolute atomic E-state index is 10.8. The molecule has 0 aliphatic rings. The Morgan fingerprint density at radius 3 is 2.73 bits per heavy atom. The monoisotopic (exact) mass is 365 g/mol. The number of halogens is 1. The smallest absolute Gasteiger partial charge is 0.269 e. The zero-order valence-corrected chi connectivity index (χ0v) is 13.2. The molecule has 0 fully saturated rings. The lowest BCUT2D eigenvalue weighted by Crippen LogP contribution is -2.00. The van der Waals surface area contributed by atoms with Crippen molar-refractivity contribution in [1.82, 2.24) is 0 Å². The van der Waals surface area contributed by atoms with E-state index in [9.17, 15) is 14.9 Å². The van der Waals surface area contributed by atoms with Gasteiger partial charge in [-0.1, -0.05) is 12.1 Å². The average Bonchev–Trinajstić information content (AvgIpc) is 2.53. The van der Waals surface area contributed by atoms with Crippen LogP contribution in [0.1, 0.15) is 15.9 Å². The zero-order chi connectivity index (χ0) is 16.1. The van der Waals surface area contributed by atoms with Gasteiger partial charge in [0.1, 0.15) is 12.9 Å². The number of aldehydes is 1. The molecule has 0 amide bonds. The third-order valence-electron chi connectivity index (χ3n) is 2.89. The lowest BCUT2D eigenvalue weighted by atomic mass is 10.2. The van der Waals surface area contributed by atoms with Crippen LogP contribution in [-0.4, -0.2) is 18.3 Å². The maximum atomic E-state index is 10.8. The Labute approximate surface area is 134 Å². The normalized spacial score (nSPS) is 10.1. The summed E-state index contributed by atoms with van der Waals surface area (Å²) < 4.78 is 11.4. The van der Waals surface area contributed by atoms with Gasteiger partial charge in [0, 0.05) is 17.7 Å². The molecule has 0 heterocycles. The summed E-state index contributed by atoms with van der Waals surface area (Å²) >= 11 is 3.32. The van der Waals surface area contributed by atoms with Crippen LogP contribution in [0.2, 0.25) is 0 Å². The Morgan fingerprint density at radius 1 is 1.32 bits per heavy atom. The molecule has 2 aromatic rings. The van der Waals surface area contributed by atoms with Crippen molar-refractivity contribution in [2.75, 3.05) is 7.11 Å². The van der Waals surface area contributed by atoms with Crippen molar-refractivity contribution >= 4 is 27.9 Å². The fraction of sp³-hybridized carbons (Fsp3) is 0.133. The number of methoxy groups -OCH3 is 1. The first-order chi connectivity index (χ1) is 10.5. The first kappa shape index (κ1) is 16.0. The average molecular weight is 366 g/mol. The van der Waals surface area contributed by atoms with Gasteiger partial charge in [0.05, 0.1) is 16.5 Å². The minimum absolute atomic E-state index is 0.00318. The summed E-state index contributed by atoms with van der Waals surface area (Å²) in [7, 11) is 1.47. The number of nitrogens with zero attached hydrogens (tertiary/aromatic N) is 1. The Hall–Kier alpha value is -2.41. The standard InChI is InChI=1S/C15H12BrNO5/c1-21-14-7-11(8-18)6-13(16)15(14)22-9-10-3-2-4-12(5-10)17(19)20/h2-8H,9H2,1H3. The van der Waals surface area contributed by atoms with Gasteiger partial charge < -0.3 is 9.47 Å². The Bertz CT molecular complexity index is 717. The van der Waals surface area contributed by atoms with E-state index in [1.807, 2.05) is 0 Å². The largest absolute Gasteiger partial charge is 0.493 e. The number of non-ortho nitro benzene ring substituents is 1. The van der Waals surface area contributed by atoms with Crippen LogP contribution in [0.4, 0.5) is 5.69 Å². The number of hydrogen-bond acceptors (Lipinski definition) is 5. The second kappa shape index (κ2) is 7.04. The second-order valence-corrected chi connectivity index (χ2v) is 5.22. The number of ether oxygens (including phenoxy) is 2. The second-order valence-electron chi connectivity index (χ2n) is 4.37. The molecule has 0 unspecified atom stereocenters. The van der Waals surface area contributed by atoms with Gasteiger partial charge in [-0.15, -0.1) is 0 Å². The number of hydrogen-bond donors (Lipinski definition) is 0. The van der Waals surface area contributed by atoms with Crippen LogP contribution in [0.3, 0.4) is 0 Å². The van der Waals surface area contributed by atoms with Crippen molar-refractivity contribution in [2.24, 2.45) is 0 Å². The van der Waals surface area contributed by atoms with Gasteiger partial charge in [0.15, 0.2) is 11.5 Å². The maximum Gasteiger partial charge on any atom is 0.269 e. The molecule has 0 saturated carbocycles. The van der Waals surface area contributed by atoms with E-state index in [-0.39, 0.29) is 12.3 Å². The summed E-state index contributed by atoms with van der Waals surface area (Å²) in [5.74, 6) is 0.835. The number of carbonyl (C=O) groups excluding carboxylic acids is 1. The topological polar surface area (TPSA) is 78.7 Å². The Morgan fingerprint density at radius 2 is 2.09 bits per heavy atom. The van der Waals surface area contributed by atoms with E-state index in [1.165, 1.54) is 19.2 Å². The molecular formula is C15H12BrNO5. The van der Waals surface area contributed by atoms with E-state index in [0.29, 0.717) is 33.4 Å². The molecular weight excluding hydrogens is 354 g/mol. The van der Waals surface area contributed by atoms with Crippen LogP contribution >= 0.6 is 15.9 Å². The molecule has 0 aliphatic carbocycles. The Kier molecular flexibility index (Phi) is 5.11. The fourth-order valence-corrected chi connectivity index (χ4v) is 2.44. The SMILES string of the molecule is COc1cc(C=O)cc(Br)c1OCc1cccc([N+](=O)[O-])c1. The van der Waals surface area contributed by atoms with Crippen LogP contribution < -0.4 is 9.47 Å². The van der Waals surface area contributed by atoms with Gasteiger partial charge in [0.25, 0.3) is 5.69 Å². The van der Waals surface area contributed by atoms with Gasteiger partial charge in [-0.2, -0.15) is 0 Å². The molecule has 0 bridgehead atoms. The van der Waals surface area contributed by atoms with Gasteiger partial charge in [0.2, 0.25) is 0 Å². The van der Waals surface area contributed by atoms with Crippen molar-refractivity contribution < 1.29 is 19.2 Å². The highest BCUT2D eigenvalue weighted by Crippen LogP contribution is 2.36. The number of rotatable bonds is 6. The summed E-state index contributed by atoms with van der Waals surface area (Å²) in [6.07, 6.45) is 0.706. The predicted octanol–water partition coefficient (Wildman–Crippen LogP) is 3.76. The van der Waals surface area contributed by atoms with E-state index >= 15 is 0 Å². The molecule has 0 spiro atoms. The molecule has 7 heteroatoms. The van der Waals surface area contributed by atoms with E-state index < -0.39 is 4.92 Å². The number of benzene rings is 2. The molecule has 2 rings (SSSR count). The van der Waals surface area contributed by atoms with E-state index in [1.54, 1.807) is 24.3 Å². The summed E-state index contributed by atoms with van der Waals surface area (Å²) in [5.41, 5.74) is 1.11. The summed E-state index contributed by atoms with van der Waals surface area (Å²) in [5, 5.41) is 10.8. The number of carbonyl (C=O) groups is 1. The molecule has 0 atom stereocenters. The highest BCUT2D eigenvalue weighted by molar-refractivity contribution is 9.10. The number of nitro benzene ring substituents is 1. The van der Waals surface area contributed by atoms with Crippen LogP contribution in [0.25, 0.3) is 0 Å². The molecule has 0 saturated heterocycles. The van der Waals surface area contributed by atoms with Gasteiger partial charge in [-0.05, 0) is 33.6 Å². The van der Waals surface area contributed by atoms with Gasteiger partial charge in [-0.3, -0.25) is 14.9 Å². The minimum Gasteiger partial charge on any atom is -0.493 e. The molecule has 114 valence electrons. The molecule has 0 radical (unpaired) electrons. The highest BCUT2D eigenvalue weighted by Gasteiger charge is 2.13. The third kappa shape index (κ3) is 3.62. The first-order valence-electron chi connectivity index (χ1n) is 6.24. The van der Waals surface area contributed by atoms with Crippen LogP contribution in [0, 0.1) is 10.1 Å². The molecule has 22 heavy (non-hydrogen) atoms. The predicted molar refractivity (Wildman–Crippen MR) is 83.5 cm³/mol. The van der Waals surface area contributed by atoms with E-state index in [4.69, 9.17) is 9.47 Å². The first-order valence-corrected chi connectivity index (χ1v) is 7.03. The molecule has 6 nitrogen and oxygen atoms in total. The van der Waals surface area contributed by atoms with Gasteiger partial charge in [-0.25, -0.2) is 0 Å². The highest BCUT2D eigenvalue weighted by atomic mass is 79.9. The Balaban J connectivity index is 2.23.